The molecule has 3 aromatic rings. The molecule has 0 saturated carbocycles. The number of ketones is 1. The number of halogens is 1. The largest absolute Gasteiger partial charge is 0.595 e. The van der Waals surface area contributed by atoms with E-state index in [1.54, 1.807) is 0 Å². The number of quaternary nitrogens is 2. The van der Waals surface area contributed by atoms with E-state index in [9.17, 15) is 34.8 Å². The van der Waals surface area contributed by atoms with Gasteiger partial charge < -0.3 is 25.5 Å². The smallest absolute Gasteiger partial charge is 0.323 e. The predicted molar refractivity (Wildman–Crippen MR) is 114 cm³/mol. The van der Waals surface area contributed by atoms with E-state index in [4.69, 9.17) is 16.8 Å². The molecule has 14 nitrogen and oxygen atoms in total. The lowest BCUT2D eigenvalue weighted by molar-refractivity contribution is -0.996. The van der Waals surface area contributed by atoms with Crippen molar-refractivity contribution in [3.8, 4) is 0 Å². The van der Waals surface area contributed by atoms with E-state index in [0.717, 1.165) is 25.3 Å². The molecule has 34 heavy (non-hydrogen) atoms. The Morgan fingerprint density at radius 3 is 2.47 bits per heavy atom. The van der Waals surface area contributed by atoms with Crippen molar-refractivity contribution < 1.29 is 40.0 Å². The molecule has 0 bridgehead atoms. The van der Waals surface area contributed by atoms with Crippen molar-refractivity contribution in [2.75, 3.05) is 12.4 Å². The normalized spacial score (nSPS) is 13.7. The second-order valence-corrected chi connectivity index (χ2v) is 7.19. The Bertz CT molecular complexity index is 1340. The highest BCUT2D eigenvalue weighted by atomic mass is 35.5. The Balaban J connectivity index is 2.00. The third-order valence-electron chi connectivity index (χ3n) is 4.62. The van der Waals surface area contributed by atoms with Crippen LogP contribution in [-0.4, -0.2) is 45.2 Å². The van der Waals surface area contributed by atoms with E-state index in [2.05, 4.69) is 14.7 Å². The number of ether oxygens (including phenoxy) is 1. The molecule has 0 aliphatic heterocycles. The number of nitrogens with one attached hydrogen (secondary N) is 4. The average molecular weight is 494 g/mol. The summed E-state index contributed by atoms with van der Waals surface area (Å²) in [6.07, 6.45) is 0. The number of rotatable bonds is 7. The van der Waals surface area contributed by atoms with Crippen molar-refractivity contribution in [2.24, 2.45) is 0 Å². The number of benzene rings is 2. The van der Waals surface area contributed by atoms with E-state index in [1.807, 2.05) is 5.32 Å². The highest BCUT2D eigenvalue weighted by Crippen LogP contribution is 2.23. The van der Waals surface area contributed by atoms with Crippen molar-refractivity contribution in [3.05, 3.63) is 67.9 Å². The summed E-state index contributed by atoms with van der Waals surface area (Å²) in [4.78, 5) is 56.8. The van der Waals surface area contributed by atoms with Gasteiger partial charge in [-0.25, -0.2) is 15.4 Å². The fourth-order valence-electron chi connectivity index (χ4n) is 3.01. The molecule has 6 N–H and O–H groups in total. The summed E-state index contributed by atoms with van der Waals surface area (Å²) in [6.45, 7) is 0. The van der Waals surface area contributed by atoms with Crippen molar-refractivity contribution in [3.63, 3.8) is 0 Å². The number of fused-ring (bicyclic) bond motifs is 1. The third kappa shape index (κ3) is 5.08. The molecule has 0 aliphatic rings. The maximum absolute atomic E-state index is 12.9. The van der Waals surface area contributed by atoms with Gasteiger partial charge in [-0.05, 0) is 24.3 Å². The number of carbonyl (C=O) groups excluding carboxylic acids is 3. The lowest BCUT2D eigenvalue weighted by Crippen LogP contribution is -3.00. The van der Waals surface area contributed by atoms with Gasteiger partial charge >= 0.3 is 5.97 Å². The van der Waals surface area contributed by atoms with Crippen LogP contribution < -0.4 is 21.3 Å². The van der Waals surface area contributed by atoms with Crippen LogP contribution in [0.5, 0.6) is 0 Å². The number of methoxy groups -OCH3 is 1. The van der Waals surface area contributed by atoms with Crippen LogP contribution in [0.3, 0.4) is 0 Å². The predicted octanol–water partition coefficient (Wildman–Crippen LogP) is -1.15. The lowest BCUT2D eigenvalue weighted by Gasteiger charge is -2.19. The fourth-order valence-corrected chi connectivity index (χ4v) is 3.18. The first-order chi connectivity index (χ1) is 16.0. The second-order valence-electron chi connectivity index (χ2n) is 6.76. The number of esters is 1. The number of nitrogens with zero attached hydrogens (tertiary/aromatic N) is 1. The standard InChI is InChI=1S/C19H16ClN5O9/c1-34-19(29)14(15-17(27)23-12-6-8(20)2-4-10(12)21-15)16(26)18(28)22-11-5-3-9(24(30)31)7-13(11)25(32)33/h2-7,14,24-25,30,32H,1H3,(H,22,28)(H,23,27). The van der Waals surface area contributed by atoms with Gasteiger partial charge in [0.2, 0.25) is 5.78 Å². The van der Waals surface area contributed by atoms with Crippen LogP contribution >= 0.6 is 11.6 Å². The van der Waals surface area contributed by atoms with E-state index < -0.39 is 56.7 Å². The Labute approximate surface area is 194 Å². The van der Waals surface area contributed by atoms with E-state index in [1.165, 1.54) is 18.2 Å². The van der Waals surface area contributed by atoms with Crippen molar-refractivity contribution in [1.29, 1.82) is 0 Å². The number of carbonyl (C=O) groups is 3. The Hall–Kier alpha value is -3.76. The van der Waals surface area contributed by atoms with Gasteiger partial charge in [-0.1, -0.05) is 11.6 Å². The van der Waals surface area contributed by atoms with Crippen molar-refractivity contribution >= 4 is 57.4 Å². The summed E-state index contributed by atoms with van der Waals surface area (Å²) in [7, 11) is 0.933. The van der Waals surface area contributed by atoms with Crippen molar-refractivity contribution in [1.82, 2.24) is 9.97 Å². The fraction of sp³-hybridized carbons (Fsp3) is 0.105. The van der Waals surface area contributed by atoms with Crippen LogP contribution in [0, 0.1) is 10.4 Å². The molecule has 2 aromatic carbocycles. The number of hydrogen-bond acceptors (Lipinski definition) is 10. The summed E-state index contributed by atoms with van der Waals surface area (Å²) < 4.78 is 4.57. The first-order valence-corrected chi connectivity index (χ1v) is 9.64. The molecule has 0 fully saturated rings. The molecular formula is C19H16ClN5O9. The summed E-state index contributed by atoms with van der Waals surface area (Å²) in [5.74, 6) is -6.25. The van der Waals surface area contributed by atoms with Crippen LogP contribution in [-0.2, 0) is 19.1 Å². The lowest BCUT2D eigenvalue weighted by atomic mass is 9.99. The van der Waals surface area contributed by atoms with E-state index in [0.29, 0.717) is 5.02 Å². The first kappa shape index (κ1) is 24.9. The SMILES string of the molecule is COC(=O)C(C(=O)C(=O)Nc1ccc([NH+]([O-])O)cc1[NH+]([O-])O)c1nc2ccc(Cl)cc2[nH]c1=O. The second kappa shape index (κ2) is 10.0. The number of aromatic nitrogens is 2. The number of hydrogen-bond donors (Lipinski definition) is 6. The maximum Gasteiger partial charge on any atom is 0.323 e. The molecule has 1 aromatic heterocycles. The van der Waals surface area contributed by atoms with Crippen LogP contribution in [0.4, 0.5) is 17.1 Å². The molecule has 0 radical (unpaired) electrons. The minimum Gasteiger partial charge on any atom is -0.595 e. The number of aromatic amines is 1. The van der Waals surface area contributed by atoms with Crippen molar-refractivity contribution in [2.45, 2.75) is 5.92 Å². The summed E-state index contributed by atoms with van der Waals surface area (Å²) in [6, 6.07) is 7.02. The van der Waals surface area contributed by atoms with Crippen LogP contribution in [0.25, 0.3) is 11.0 Å². The van der Waals surface area contributed by atoms with Gasteiger partial charge in [0.25, 0.3) is 11.5 Å². The van der Waals surface area contributed by atoms with Crippen LogP contribution in [0.15, 0.2) is 41.2 Å². The Morgan fingerprint density at radius 2 is 1.85 bits per heavy atom. The molecule has 0 aliphatic carbocycles. The van der Waals surface area contributed by atoms with Gasteiger partial charge in [-0.2, -0.15) is 10.5 Å². The Morgan fingerprint density at radius 1 is 1.15 bits per heavy atom. The molecule has 0 saturated heterocycles. The average Bonchev–Trinajstić information content (AvgIpc) is 2.79. The quantitative estimate of drug-likeness (QED) is 0.100. The van der Waals surface area contributed by atoms with Crippen LogP contribution in [0.2, 0.25) is 5.02 Å². The molecule has 1 heterocycles. The number of anilines is 1. The number of Topliss-reactive ketones (excluding diaryl/α,β-unsaturated/α-hetero) is 1. The van der Waals surface area contributed by atoms with Crippen LogP contribution in [0.1, 0.15) is 11.6 Å². The molecule has 3 atom stereocenters. The monoisotopic (exact) mass is 493 g/mol. The summed E-state index contributed by atoms with van der Waals surface area (Å²) >= 11 is 5.87. The summed E-state index contributed by atoms with van der Waals surface area (Å²) in [5, 5.41) is 40.2. The van der Waals surface area contributed by atoms with Gasteiger partial charge in [0.1, 0.15) is 11.4 Å². The Kier molecular flexibility index (Phi) is 7.33. The maximum atomic E-state index is 12.9. The molecule has 15 heteroatoms. The van der Waals surface area contributed by atoms with E-state index >= 15 is 0 Å². The zero-order chi connectivity index (χ0) is 25.2. The highest BCUT2D eigenvalue weighted by Gasteiger charge is 2.38. The molecule has 178 valence electrons. The zero-order valence-corrected chi connectivity index (χ0v) is 17.9. The minimum absolute atomic E-state index is 0.165. The van der Waals surface area contributed by atoms with Gasteiger partial charge in [-0.15, -0.1) is 0 Å². The third-order valence-corrected chi connectivity index (χ3v) is 4.86. The first-order valence-electron chi connectivity index (χ1n) is 9.26. The highest BCUT2D eigenvalue weighted by molar-refractivity contribution is 6.45. The van der Waals surface area contributed by atoms with Gasteiger partial charge in [0.15, 0.2) is 17.3 Å². The topological polar surface area (TPSA) is 214 Å². The molecule has 3 unspecified atom stereocenters. The van der Waals surface area contributed by atoms with Gasteiger partial charge in [-0.3, -0.25) is 19.2 Å². The zero-order valence-electron chi connectivity index (χ0n) is 17.1. The number of H-pyrrole nitrogens is 1. The molecule has 1 amide bonds. The number of amides is 1. The molecule has 3 rings (SSSR count). The molecular weight excluding hydrogens is 478 g/mol. The molecule has 0 spiro atoms. The summed E-state index contributed by atoms with van der Waals surface area (Å²) in [5.41, 5.74) is -2.60. The van der Waals surface area contributed by atoms with Gasteiger partial charge in [0.05, 0.1) is 24.2 Å². The van der Waals surface area contributed by atoms with E-state index in [-0.39, 0.29) is 16.7 Å². The minimum atomic E-state index is -2.07. The van der Waals surface area contributed by atoms with Gasteiger partial charge in [0, 0.05) is 11.1 Å².